The second-order valence-corrected chi connectivity index (χ2v) is 3.79. The molecule has 2 rings (SSSR count). The average Bonchev–Trinajstić information content (AvgIpc) is 2.69. The fourth-order valence-corrected chi connectivity index (χ4v) is 1.55. The highest BCUT2D eigenvalue weighted by molar-refractivity contribution is 5.97. The summed E-state index contributed by atoms with van der Waals surface area (Å²) in [7, 11) is 1.88. The van der Waals surface area contributed by atoms with Gasteiger partial charge in [0.1, 0.15) is 12.1 Å². The van der Waals surface area contributed by atoms with Gasteiger partial charge >= 0.3 is 0 Å². The van der Waals surface area contributed by atoms with Crippen LogP contribution in [0.4, 0.5) is 5.82 Å². The molecule has 2 heterocycles. The minimum atomic E-state index is 0.0409. The lowest BCUT2D eigenvalue weighted by molar-refractivity contribution is 0.0998. The van der Waals surface area contributed by atoms with Gasteiger partial charge in [-0.25, -0.2) is 9.97 Å². The van der Waals surface area contributed by atoms with Gasteiger partial charge < -0.3 is 9.88 Å². The number of Topliss-reactive ketones (excluding diaryl/α,β-unsaturated/α-hetero) is 1. The molecule has 0 bridgehead atoms. The van der Waals surface area contributed by atoms with E-state index >= 15 is 0 Å². The highest BCUT2D eigenvalue weighted by atomic mass is 16.1. The van der Waals surface area contributed by atoms with Crippen molar-refractivity contribution in [1.82, 2.24) is 14.5 Å². The molecule has 0 saturated heterocycles. The molecule has 0 aliphatic carbocycles. The summed E-state index contributed by atoms with van der Waals surface area (Å²) in [5, 5.41) is 2.97. The summed E-state index contributed by atoms with van der Waals surface area (Å²) >= 11 is 0. The molecule has 0 radical (unpaired) electrons. The Morgan fingerprint density at radius 3 is 2.82 bits per heavy atom. The van der Waals surface area contributed by atoms with Crippen molar-refractivity contribution in [2.45, 2.75) is 6.92 Å². The van der Waals surface area contributed by atoms with Crippen LogP contribution < -0.4 is 5.32 Å². The van der Waals surface area contributed by atoms with E-state index in [1.165, 1.54) is 6.33 Å². The number of ketones is 1. The minimum Gasteiger partial charge on any atom is -0.362 e. The number of carbonyl (C=O) groups is 1. The second-order valence-electron chi connectivity index (χ2n) is 3.79. The number of aromatic nitrogens is 3. The van der Waals surface area contributed by atoms with Crippen molar-refractivity contribution in [3.05, 3.63) is 42.1 Å². The van der Waals surface area contributed by atoms with Crippen LogP contribution >= 0.6 is 0 Å². The lowest BCUT2D eigenvalue weighted by Crippen LogP contribution is -2.17. The molecular weight excluding hydrogens is 216 g/mol. The molecular formula is C12H14N4O. The van der Waals surface area contributed by atoms with Crippen molar-refractivity contribution >= 4 is 11.6 Å². The summed E-state index contributed by atoms with van der Waals surface area (Å²) in [6, 6.07) is 5.49. The van der Waals surface area contributed by atoms with Gasteiger partial charge in [0.05, 0.1) is 12.2 Å². The smallest absolute Gasteiger partial charge is 0.198 e. The summed E-state index contributed by atoms with van der Waals surface area (Å²) in [5.41, 5.74) is 1.76. The quantitative estimate of drug-likeness (QED) is 0.807. The molecule has 5 heteroatoms. The monoisotopic (exact) mass is 230 g/mol. The molecule has 1 N–H and O–H groups in total. The van der Waals surface area contributed by atoms with Crippen LogP contribution in [0.2, 0.25) is 0 Å². The normalized spacial score (nSPS) is 10.2. The number of hydrogen-bond acceptors (Lipinski definition) is 4. The zero-order valence-electron chi connectivity index (χ0n) is 9.84. The van der Waals surface area contributed by atoms with E-state index in [0.29, 0.717) is 11.5 Å². The van der Waals surface area contributed by atoms with Crippen LogP contribution in [0.5, 0.6) is 0 Å². The Hall–Kier alpha value is -2.17. The van der Waals surface area contributed by atoms with E-state index in [2.05, 4.69) is 15.3 Å². The molecule has 0 aromatic carbocycles. The Labute approximate surface area is 99.5 Å². The van der Waals surface area contributed by atoms with Gasteiger partial charge in [0.15, 0.2) is 5.78 Å². The molecule has 17 heavy (non-hydrogen) atoms. The van der Waals surface area contributed by atoms with E-state index in [9.17, 15) is 4.79 Å². The van der Waals surface area contributed by atoms with Gasteiger partial charge in [-0.1, -0.05) is 0 Å². The van der Waals surface area contributed by atoms with E-state index in [-0.39, 0.29) is 12.3 Å². The van der Waals surface area contributed by atoms with Crippen LogP contribution in [0, 0.1) is 6.92 Å². The number of nitrogens with one attached hydrogen (secondary N) is 1. The van der Waals surface area contributed by atoms with Crippen LogP contribution in [0.15, 0.2) is 30.7 Å². The first-order valence-electron chi connectivity index (χ1n) is 5.34. The molecule has 2 aromatic heterocycles. The van der Waals surface area contributed by atoms with Gasteiger partial charge in [0.2, 0.25) is 0 Å². The van der Waals surface area contributed by atoms with Crippen LogP contribution in [0.3, 0.4) is 0 Å². The van der Waals surface area contributed by atoms with Crippen LogP contribution in [0.1, 0.15) is 16.2 Å². The maximum absolute atomic E-state index is 11.9. The van der Waals surface area contributed by atoms with E-state index in [4.69, 9.17) is 0 Å². The van der Waals surface area contributed by atoms with Gasteiger partial charge in [-0.15, -0.1) is 0 Å². The van der Waals surface area contributed by atoms with Gasteiger partial charge in [0.25, 0.3) is 0 Å². The number of nitrogens with zero attached hydrogens (tertiary/aromatic N) is 3. The van der Waals surface area contributed by atoms with Crippen LogP contribution in [-0.2, 0) is 7.05 Å². The van der Waals surface area contributed by atoms with E-state index in [1.54, 1.807) is 12.3 Å². The third-order valence-electron chi connectivity index (χ3n) is 2.67. The Morgan fingerprint density at radius 1 is 1.41 bits per heavy atom. The zero-order valence-corrected chi connectivity index (χ0v) is 9.84. The Kier molecular flexibility index (Phi) is 3.18. The van der Waals surface area contributed by atoms with Crippen molar-refractivity contribution in [3.63, 3.8) is 0 Å². The fraction of sp³-hybridized carbons (Fsp3) is 0.250. The summed E-state index contributed by atoms with van der Waals surface area (Å²) in [6.07, 6.45) is 3.08. The Morgan fingerprint density at radius 2 is 2.24 bits per heavy atom. The third-order valence-corrected chi connectivity index (χ3v) is 2.67. The predicted octanol–water partition coefficient (Wildman–Crippen LogP) is 1.42. The van der Waals surface area contributed by atoms with Gasteiger partial charge in [-0.05, 0) is 25.1 Å². The summed E-state index contributed by atoms with van der Waals surface area (Å²) < 4.78 is 1.88. The van der Waals surface area contributed by atoms with E-state index in [1.807, 2.05) is 30.7 Å². The predicted molar refractivity (Wildman–Crippen MR) is 65.0 cm³/mol. The molecule has 0 spiro atoms. The van der Waals surface area contributed by atoms with Gasteiger partial charge in [-0.2, -0.15) is 0 Å². The standard InChI is InChI=1S/C12H14N4O/c1-9-3-4-10(16(9)2)11(17)7-14-12-5-6-13-8-15-12/h3-6,8H,7H2,1-2H3,(H,13,14,15). The molecule has 0 aliphatic heterocycles. The van der Waals surface area contributed by atoms with Crippen molar-refractivity contribution in [2.24, 2.45) is 7.05 Å². The number of aryl methyl sites for hydroxylation is 1. The Bertz CT molecular complexity index is 519. The largest absolute Gasteiger partial charge is 0.362 e. The lowest BCUT2D eigenvalue weighted by atomic mass is 10.3. The van der Waals surface area contributed by atoms with Gasteiger partial charge in [0, 0.05) is 18.9 Å². The van der Waals surface area contributed by atoms with Crippen LogP contribution in [-0.4, -0.2) is 26.9 Å². The Balaban J connectivity index is 2.01. The topological polar surface area (TPSA) is 59.8 Å². The summed E-state index contributed by atoms with van der Waals surface area (Å²) in [6.45, 7) is 2.20. The zero-order chi connectivity index (χ0) is 12.3. The molecule has 2 aromatic rings. The third kappa shape index (κ3) is 2.50. The molecule has 0 fully saturated rings. The van der Waals surface area contributed by atoms with E-state index in [0.717, 1.165) is 5.69 Å². The maximum atomic E-state index is 11.9. The van der Waals surface area contributed by atoms with Gasteiger partial charge in [-0.3, -0.25) is 4.79 Å². The van der Waals surface area contributed by atoms with Crippen molar-refractivity contribution in [1.29, 1.82) is 0 Å². The number of anilines is 1. The fourth-order valence-electron chi connectivity index (χ4n) is 1.55. The molecule has 0 unspecified atom stereocenters. The first-order valence-corrected chi connectivity index (χ1v) is 5.34. The molecule has 88 valence electrons. The van der Waals surface area contributed by atoms with E-state index < -0.39 is 0 Å². The highest BCUT2D eigenvalue weighted by Gasteiger charge is 2.10. The summed E-state index contributed by atoms with van der Waals surface area (Å²) in [4.78, 5) is 19.7. The average molecular weight is 230 g/mol. The highest BCUT2D eigenvalue weighted by Crippen LogP contribution is 2.07. The maximum Gasteiger partial charge on any atom is 0.198 e. The first-order chi connectivity index (χ1) is 8.18. The molecule has 0 atom stereocenters. The first kappa shape index (κ1) is 11.3. The lowest BCUT2D eigenvalue weighted by Gasteiger charge is -2.06. The minimum absolute atomic E-state index is 0.0409. The molecule has 0 amide bonds. The van der Waals surface area contributed by atoms with Crippen molar-refractivity contribution in [3.8, 4) is 0 Å². The van der Waals surface area contributed by atoms with Crippen LogP contribution in [0.25, 0.3) is 0 Å². The van der Waals surface area contributed by atoms with Crippen molar-refractivity contribution in [2.75, 3.05) is 11.9 Å². The molecule has 0 saturated carbocycles. The summed E-state index contributed by atoms with van der Waals surface area (Å²) in [5.74, 6) is 0.693. The SMILES string of the molecule is Cc1ccc(C(=O)CNc2ccncn2)n1C. The number of rotatable bonds is 4. The number of hydrogen-bond donors (Lipinski definition) is 1. The molecule has 0 aliphatic rings. The van der Waals surface area contributed by atoms with Crippen molar-refractivity contribution < 1.29 is 4.79 Å². The number of carbonyl (C=O) groups excluding carboxylic acids is 1. The molecule has 5 nitrogen and oxygen atoms in total. The second kappa shape index (κ2) is 4.78.